The van der Waals surface area contributed by atoms with Gasteiger partial charge in [-0.25, -0.2) is 4.79 Å². The van der Waals surface area contributed by atoms with Gasteiger partial charge >= 0.3 is 6.03 Å². The van der Waals surface area contributed by atoms with Gasteiger partial charge in [-0.1, -0.05) is 0 Å². The molecule has 0 aliphatic carbocycles. The van der Waals surface area contributed by atoms with Gasteiger partial charge in [0.25, 0.3) is 0 Å². The number of benzene rings is 1. The molecule has 2 saturated heterocycles. The molecule has 0 unspecified atom stereocenters. The second kappa shape index (κ2) is 7.57. The number of aliphatic hydroxyl groups is 3. The number of carbonyl (C=O) groups is 1. The number of hydrogen-bond acceptors (Lipinski definition) is 6. The number of rotatable bonds is 3. The van der Waals surface area contributed by atoms with E-state index in [2.05, 4.69) is 5.32 Å². The van der Waals surface area contributed by atoms with Crippen LogP contribution in [0.25, 0.3) is 0 Å². The fourth-order valence-electron chi connectivity index (χ4n) is 3.46. The van der Waals surface area contributed by atoms with E-state index in [1.165, 1.54) is 4.90 Å². The highest BCUT2D eigenvalue weighted by Crippen LogP contribution is 2.29. The minimum atomic E-state index is -1.03. The zero-order valence-corrected chi connectivity index (χ0v) is 14.2. The van der Waals surface area contributed by atoms with E-state index in [0.717, 1.165) is 6.42 Å². The van der Waals surface area contributed by atoms with E-state index in [1.807, 2.05) is 4.90 Å². The van der Waals surface area contributed by atoms with E-state index in [-0.39, 0.29) is 31.3 Å². The Labute approximate surface area is 146 Å². The Morgan fingerprint density at radius 2 is 1.88 bits per heavy atom. The largest absolute Gasteiger partial charge is 0.497 e. The van der Waals surface area contributed by atoms with Crippen LogP contribution in [-0.4, -0.2) is 88.8 Å². The van der Waals surface area contributed by atoms with Crippen LogP contribution in [0.3, 0.4) is 0 Å². The highest BCUT2D eigenvalue weighted by molar-refractivity contribution is 5.89. The SMILES string of the molecule is COc1ccc(NC(=O)N2C[C@H]3C[C@@H](CO)N3C[C@H](O)[C@H](O)C2)cc1. The number of nitrogens with one attached hydrogen (secondary N) is 1. The first-order valence-electron chi connectivity index (χ1n) is 8.44. The molecule has 138 valence electrons. The Bertz CT molecular complexity index is 596. The van der Waals surface area contributed by atoms with Crippen molar-refractivity contribution in [1.82, 2.24) is 9.80 Å². The molecule has 8 heteroatoms. The van der Waals surface area contributed by atoms with Crippen molar-refractivity contribution in [2.75, 3.05) is 38.7 Å². The van der Waals surface area contributed by atoms with Gasteiger partial charge in [-0.2, -0.15) is 0 Å². The van der Waals surface area contributed by atoms with Crippen LogP contribution in [0.5, 0.6) is 5.75 Å². The third kappa shape index (κ3) is 3.87. The van der Waals surface area contributed by atoms with Crippen molar-refractivity contribution in [3.63, 3.8) is 0 Å². The van der Waals surface area contributed by atoms with Crippen molar-refractivity contribution in [1.29, 1.82) is 0 Å². The van der Waals surface area contributed by atoms with E-state index < -0.39 is 12.2 Å². The van der Waals surface area contributed by atoms with Crippen LogP contribution in [0.4, 0.5) is 10.5 Å². The molecule has 3 rings (SSSR count). The number of fused-ring (bicyclic) bond motifs is 1. The topological polar surface area (TPSA) is 106 Å². The molecule has 0 bridgehead atoms. The predicted molar refractivity (Wildman–Crippen MR) is 91.6 cm³/mol. The summed E-state index contributed by atoms with van der Waals surface area (Å²) in [6, 6.07) is 6.72. The standard InChI is InChI=1S/C17H25N3O5/c1-25-14-4-2-11(3-5-14)18-17(24)19-7-12-6-13(10-21)20(12)9-16(23)15(22)8-19/h2-5,12-13,15-16,21-23H,6-10H2,1H3,(H,18,24)/t12-,13+,15-,16+/m1/s1. The lowest BCUT2D eigenvalue weighted by Gasteiger charge is -2.52. The molecule has 2 aliphatic rings. The van der Waals surface area contributed by atoms with Gasteiger partial charge in [-0.05, 0) is 30.7 Å². The Kier molecular flexibility index (Phi) is 5.43. The molecule has 2 fully saturated rings. The van der Waals surface area contributed by atoms with E-state index >= 15 is 0 Å². The van der Waals surface area contributed by atoms with Crippen LogP contribution in [0.15, 0.2) is 24.3 Å². The van der Waals surface area contributed by atoms with E-state index in [1.54, 1.807) is 31.4 Å². The van der Waals surface area contributed by atoms with E-state index in [4.69, 9.17) is 4.74 Å². The maximum atomic E-state index is 12.6. The lowest BCUT2D eigenvalue weighted by molar-refractivity contribution is -0.0984. The molecule has 4 atom stereocenters. The van der Waals surface area contributed by atoms with E-state index in [0.29, 0.717) is 24.5 Å². The van der Waals surface area contributed by atoms with Gasteiger partial charge in [-0.15, -0.1) is 0 Å². The summed E-state index contributed by atoms with van der Waals surface area (Å²) in [5.41, 5.74) is 0.626. The van der Waals surface area contributed by atoms with Crippen LogP contribution in [0.2, 0.25) is 0 Å². The monoisotopic (exact) mass is 351 g/mol. The normalized spacial score (nSPS) is 29.8. The van der Waals surface area contributed by atoms with Crippen LogP contribution < -0.4 is 10.1 Å². The third-order valence-corrected chi connectivity index (χ3v) is 5.00. The number of methoxy groups -OCH3 is 1. The molecule has 4 N–H and O–H groups in total. The van der Waals surface area contributed by atoms with Crippen molar-refractivity contribution < 1.29 is 24.9 Å². The van der Waals surface area contributed by atoms with Crippen molar-refractivity contribution in [3.05, 3.63) is 24.3 Å². The maximum Gasteiger partial charge on any atom is 0.321 e. The summed E-state index contributed by atoms with van der Waals surface area (Å²) in [6.07, 6.45) is -1.21. The van der Waals surface area contributed by atoms with Gasteiger partial charge in [0, 0.05) is 30.9 Å². The number of nitrogens with zero attached hydrogens (tertiary/aromatic N) is 2. The van der Waals surface area contributed by atoms with Crippen molar-refractivity contribution >= 4 is 11.7 Å². The number of carbonyl (C=O) groups excluding carboxylic acids is 1. The number of β-amino-alcohol motifs (C(OH)–C–C–N with tert-alkyl or cyclic N) is 1. The Morgan fingerprint density at radius 1 is 1.20 bits per heavy atom. The van der Waals surface area contributed by atoms with Crippen LogP contribution in [0, 0.1) is 0 Å². The molecule has 2 heterocycles. The summed E-state index contributed by atoms with van der Waals surface area (Å²) >= 11 is 0. The minimum Gasteiger partial charge on any atom is -0.497 e. The molecule has 2 amide bonds. The fraction of sp³-hybridized carbons (Fsp3) is 0.588. The van der Waals surface area contributed by atoms with Crippen molar-refractivity contribution in [2.24, 2.45) is 0 Å². The zero-order valence-electron chi connectivity index (χ0n) is 14.2. The summed E-state index contributed by atoms with van der Waals surface area (Å²) in [7, 11) is 1.57. The number of aliphatic hydroxyl groups excluding tert-OH is 3. The van der Waals surface area contributed by atoms with Crippen LogP contribution in [0.1, 0.15) is 6.42 Å². The molecule has 1 aromatic carbocycles. The molecular formula is C17H25N3O5. The molecule has 2 aliphatic heterocycles. The number of anilines is 1. The summed E-state index contributed by atoms with van der Waals surface area (Å²) in [5, 5.41) is 32.4. The van der Waals surface area contributed by atoms with Crippen LogP contribution in [-0.2, 0) is 0 Å². The van der Waals surface area contributed by atoms with Crippen molar-refractivity contribution in [3.8, 4) is 5.75 Å². The highest BCUT2D eigenvalue weighted by atomic mass is 16.5. The Hall–Kier alpha value is -1.87. The van der Waals surface area contributed by atoms with Gasteiger partial charge in [0.2, 0.25) is 0 Å². The average molecular weight is 351 g/mol. The lowest BCUT2D eigenvalue weighted by Crippen LogP contribution is -2.66. The first-order chi connectivity index (χ1) is 12.0. The second-order valence-corrected chi connectivity index (χ2v) is 6.62. The molecule has 0 radical (unpaired) electrons. The van der Waals surface area contributed by atoms with Gasteiger partial charge in [0.1, 0.15) is 5.75 Å². The molecule has 8 nitrogen and oxygen atoms in total. The molecular weight excluding hydrogens is 326 g/mol. The quantitative estimate of drug-likeness (QED) is 0.596. The predicted octanol–water partition coefficient (Wildman–Crippen LogP) is -0.300. The second-order valence-electron chi connectivity index (χ2n) is 6.62. The molecule has 0 aromatic heterocycles. The van der Waals surface area contributed by atoms with Crippen molar-refractivity contribution in [2.45, 2.75) is 30.7 Å². The lowest BCUT2D eigenvalue weighted by atomic mass is 9.90. The summed E-state index contributed by atoms with van der Waals surface area (Å²) in [4.78, 5) is 16.1. The first-order valence-corrected chi connectivity index (χ1v) is 8.44. The summed E-state index contributed by atoms with van der Waals surface area (Å²) in [6.45, 7) is 0.835. The number of hydrogen-bond donors (Lipinski definition) is 4. The Balaban J connectivity index is 1.67. The van der Waals surface area contributed by atoms with Gasteiger partial charge in [0.05, 0.1) is 32.5 Å². The number of amides is 2. The summed E-state index contributed by atoms with van der Waals surface area (Å²) in [5.74, 6) is 0.697. The third-order valence-electron chi connectivity index (χ3n) is 5.00. The highest BCUT2D eigenvalue weighted by Gasteiger charge is 2.43. The van der Waals surface area contributed by atoms with Gasteiger partial charge in [-0.3, -0.25) is 4.90 Å². The molecule has 0 spiro atoms. The maximum absolute atomic E-state index is 12.6. The summed E-state index contributed by atoms with van der Waals surface area (Å²) < 4.78 is 5.09. The van der Waals surface area contributed by atoms with Gasteiger partial charge < -0.3 is 30.3 Å². The van der Waals surface area contributed by atoms with E-state index in [9.17, 15) is 20.1 Å². The first kappa shape index (κ1) is 17.9. The molecule has 1 aromatic rings. The molecule has 25 heavy (non-hydrogen) atoms. The van der Waals surface area contributed by atoms with Crippen LogP contribution >= 0.6 is 0 Å². The molecule has 0 saturated carbocycles. The smallest absolute Gasteiger partial charge is 0.321 e. The zero-order chi connectivity index (χ0) is 18.0. The van der Waals surface area contributed by atoms with Gasteiger partial charge in [0.15, 0.2) is 0 Å². The fourth-order valence-corrected chi connectivity index (χ4v) is 3.46. The Morgan fingerprint density at radius 3 is 2.52 bits per heavy atom. The average Bonchev–Trinajstić information content (AvgIpc) is 2.61. The number of ether oxygens (including phenoxy) is 1. The minimum absolute atomic E-state index is 0.0113. The number of urea groups is 1.